The van der Waals surface area contributed by atoms with Crippen LogP contribution in [-0.4, -0.2) is 55.0 Å². The molecule has 2 fully saturated rings. The van der Waals surface area contributed by atoms with Crippen LogP contribution in [0.25, 0.3) is 0 Å². The van der Waals surface area contributed by atoms with Gasteiger partial charge in [0.2, 0.25) is 5.79 Å². The molecule has 76 valence electrons. The summed E-state index contributed by atoms with van der Waals surface area (Å²) >= 11 is 0. The van der Waals surface area contributed by atoms with Crippen molar-refractivity contribution in [1.29, 1.82) is 0 Å². The Morgan fingerprint density at radius 2 is 2.46 bits per heavy atom. The van der Waals surface area contributed by atoms with Crippen molar-refractivity contribution in [2.45, 2.75) is 18.3 Å². The van der Waals surface area contributed by atoms with Crippen molar-refractivity contribution < 1.29 is 19.2 Å². The molecule has 3 unspecified atom stereocenters. The van der Waals surface area contributed by atoms with Crippen LogP contribution < -0.4 is 0 Å². The zero-order valence-corrected chi connectivity index (χ0v) is 7.73. The molecule has 1 N–H and O–H groups in total. The van der Waals surface area contributed by atoms with E-state index in [9.17, 15) is 5.21 Å². The molecule has 0 aromatic heterocycles. The summed E-state index contributed by atoms with van der Waals surface area (Å²) in [6, 6.07) is 0. The van der Waals surface area contributed by atoms with E-state index in [4.69, 9.17) is 14.6 Å². The molecule has 0 bridgehead atoms. The molecule has 2 aliphatic rings. The maximum atomic E-state index is 11.6. The standard InChI is InChI=1S/C8H15NO4/c1-9(11)3-2-8(6-9)12-5-7(4-10)13-8/h7,10H,2-6H2,1H3. The molecule has 2 heterocycles. The van der Waals surface area contributed by atoms with E-state index >= 15 is 0 Å². The van der Waals surface area contributed by atoms with E-state index in [0.29, 0.717) is 26.1 Å². The zero-order chi connectivity index (χ0) is 9.53. The topological polar surface area (TPSA) is 61.8 Å². The molecular formula is C8H15NO4. The number of quaternary nitrogens is 1. The smallest absolute Gasteiger partial charge is 0.225 e. The third kappa shape index (κ3) is 1.70. The van der Waals surface area contributed by atoms with Crippen molar-refractivity contribution in [1.82, 2.24) is 0 Å². The first-order valence-electron chi connectivity index (χ1n) is 4.53. The molecule has 0 amide bonds. The van der Waals surface area contributed by atoms with Crippen LogP contribution in [0.2, 0.25) is 0 Å². The molecule has 0 aromatic carbocycles. The number of rotatable bonds is 1. The normalized spacial score (nSPS) is 50.5. The fourth-order valence-corrected chi connectivity index (χ4v) is 2.00. The van der Waals surface area contributed by atoms with Crippen molar-refractivity contribution in [3.63, 3.8) is 0 Å². The predicted octanol–water partition coefficient (Wildman–Crippen LogP) is -0.562. The van der Waals surface area contributed by atoms with E-state index in [1.165, 1.54) is 0 Å². The quantitative estimate of drug-likeness (QED) is 0.443. The fourth-order valence-electron chi connectivity index (χ4n) is 2.00. The van der Waals surface area contributed by atoms with Gasteiger partial charge < -0.3 is 24.4 Å². The number of aliphatic hydroxyl groups is 1. The van der Waals surface area contributed by atoms with Crippen LogP contribution in [0.15, 0.2) is 0 Å². The van der Waals surface area contributed by atoms with Crippen molar-refractivity contribution in [3.8, 4) is 0 Å². The van der Waals surface area contributed by atoms with E-state index in [1.54, 1.807) is 7.05 Å². The molecule has 0 radical (unpaired) electrons. The Labute approximate surface area is 77.0 Å². The number of nitrogens with zero attached hydrogens (tertiary/aromatic N) is 1. The SMILES string of the molecule is C[N+]1([O-])CCC2(C1)OCC(CO)O2. The van der Waals surface area contributed by atoms with Gasteiger partial charge in [-0.3, -0.25) is 0 Å². The lowest BCUT2D eigenvalue weighted by Gasteiger charge is -2.34. The first kappa shape index (κ1) is 9.36. The van der Waals surface area contributed by atoms with Gasteiger partial charge in [0, 0.05) is 0 Å². The summed E-state index contributed by atoms with van der Waals surface area (Å²) in [7, 11) is 1.62. The molecule has 2 aliphatic heterocycles. The predicted molar refractivity (Wildman–Crippen MR) is 44.5 cm³/mol. The number of likely N-dealkylation sites (N-methyl/N-ethyl adjacent to an activating group) is 1. The molecule has 2 rings (SSSR count). The van der Waals surface area contributed by atoms with Crippen LogP contribution in [-0.2, 0) is 9.47 Å². The van der Waals surface area contributed by atoms with Crippen LogP contribution in [0.1, 0.15) is 6.42 Å². The Morgan fingerprint density at radius 1 is 1.69 bits per heavy atom. The van der Waals surface area contributed by atoms with Gasteiger partial charge in [-0.25, -0.2) is 0 Å². The average Bonchev–Trinajstić information content (AvgIpc) is 2.57. The number of hydrogen-bond acceptors (Lipinski definition) is 4. The number of hydrogen-bond donors (Lipinski definition) is 1. The van der Waals surface area contributed by atoms with Gasteiger partial charge in [0.1, 0.15) is 12.6 Å². The Bertz CT molecular complexity index is 208. The minimum absolute atomic E-state index is 0.0374. The lowest BCUT2D eigenvalue weighted by molar-refractivity contribution is -0.852. The third-order valence-corrected chi connectivity index (χ3v) is 2.66. The largest absolute Gasteiger partial charge is 0.633 e. The Balaban J connectivity index is 2.01. The highest BCUT2D eigenvalue weighted by Crippen LogP contribution is 2.35. The summed E-state index contributed by atoms with van der Waals surface area (Å²) in [5.74, 6) is -0.704. The first-order chi connectivity index (χ1) is 6.05. The van der Waals surface area contributed by atoms with Crippen molar-refractivity contribution in [2.24, 2.45) is 0 Å². The highest BCUT2D eigenvalue weighted by molar-refractivity contribution is 4.83. The Morgan fingerprint density at radius 3 is 2.92 bits per heavy atom. The average molecular weight is 189 g/mol. The molecule has 2 saturated heterocycles. The van der Waals surface area contributed by atoms with Gasteiger partial charge in [-0.15, -0.1) is 0 Å². The second-order valence-electron chi connectivity index (χ2n) is 4.07. The van der Waals surface area contributed by atoms with Crippen LogP contribution in [0, 0.1) is 5.21 Å². The Kier molecular flexibility index (Phi) is 2.08. The minimum atomic E-state index is -0.704. The van der Waals surface area contributed by atoms with Crippen molar-refractivity contribution in [2.75, 3.05) is 33.4 Å². The summed E-state index contributed by atoms with van der Waals surface area (Å²) in [6.45, 7) is 1.22. The van der Waals surface area contributed by atoms with Crippen LogP contribution in [0.5, 0.6) is 0 Å². The van der Waals surface area contributed by atoms with Gasteiger partial charge in [0.05, 0.1) is 33.2 Å². The van der Waals surface area contributed by atoms with Gasteiger partial charge in [0.15, 0.2) is 0 Å². The van der Waals surface area contributed by atoms with E-state index < -0.39 is 5.79 Å². The summed E-state index contributed by atoms with van der Waals surface area (Å²) < 4.78 is 10.6. The molecule has 1 spiro atoms. The fraction of sp³-hybridized carbons (Fsp3) is 1.00. The highest BCUT2D eigenvalue weighted by atomic mass is 16.8. The second kappa shape index (κ2) is 2.90. The number of likely N-dealkylation sites (tertiary alicyclic amines) is 1. The van der Waals surface area contributed by atoms with Gasteiger partial charge in [-0.05, 0) is 0 Å². The molecule has 5 heteroatoms. The van der Waals surface area contributed by atoms with Crippen LogP contribution in [0.3, 0.4) is 0 Å². The van der Waals surface area contributed by atoms with Crippen molar-refractivity contribution >= 4 is 0 Å². The van der Waals surface area contributed by atoms with Gasteiger partial charge >= 0.3 is 0 Å². The van der Waals surface area contributed by atoms with Crippen LogP contribution in [0.4, 0.5) is 0 Å². The number of ether oxygens (including phenoxy) is 2. The molecule has 0 aliphatic carbocycles. The van der Waals surface area contributed by atoms with Gasteiger partial charge in [0.25, 0.3) is 0 Å². The summed E-state index contributed by atoms with van der Waals surface area (Å²) in [4.78, 5) is 0. The van der Waals surface area contributed by atoms with Gasteiger partial charge in [-0.2, -0.15) is 0 Å². The monoisotopic (exact) mass is 189 g/mol. The summed E-state index contributed by atoms with van der Waals surface area (Å²) in [6.07, 6.45) is 0.377. The molecule has 5 nitrogen and oxygen atoms in total. The number of hydroxylamine groups is 3. The Hall–Kier alpha value is -0.200. The van der Waals surface area contributed by atoms with E-state index in [1.807, 2.05) is 0 Å². The lowest BCUT2D eigenvalue weighted by atomic mass is 10.2. The molecule has 0 aromatic rings. The first-order valence-corrected chi connectivity index (χ1v) is 4.53. The maximum absolute atomic E-state index is 11.6. The van der Waals surface area contributed by atoms with Crippen molar-refractivity contribution in [3.05, 3.63) is 5.21 Å². The second-order valence-corrected chi connectivity index (χ2v) is 4.07. The summed E-state index contributed by atoms with van der Waals surface area (Å²) in [5.41, 5.74) is 0. The molecule has 13 heavy (non-hydrogen) atoms. The molecular weight excluding hydrogens is 174 g/mol. The number of aliphatic hydroxyl groups excluding tert-OH is 1. The zero-order valence-electron chi connectivity index (χ0n) is 7.73. The van der Waals surface area contributed by atoms with E-state index in [0.717, 1.165) is 0 Å². The van der Waals surface area contributed by atoms with E-state index in [2.05, 4.69) is 0 Å². The third-order valence-electron chi connectivity index (χ3n) is 2.66. The molecule has 0 saturated carbocycles. The lowest BCUT2D eigenvalue weighted by Crippen LogP contribution is -2.41. The van der Waals surface area contributed by atoms with Gasteiger partial charge in [-0.1, -0.05) is 0 Å². The molecule has 3 atom stereocenters. The van der Waals surface area contributed by atoms with E-state index in [-0.39, 0.29) is 17.4 Å². The highest BCUT2D eigenvalue weighted by Gasteiger charge is 2.50. The maximum Gasteiger partial charge on any atom is 0.225 e. The van der Waals surface area contributed by atoms with Crippen LogP contribution >= 0.6 is 0 Å². The minimum Gasteiger partial charge on any atom is -0.633 e. The summed E-state index contributed by atoms with van der Waals surface area (Å²) in [5, 5.41) is 20.4.